The molecule has 0 N–H and O–H groups in total. The van der Waals surface area contributed by atoms with Crippen LogP contribution in [0.1, 0.15) is 0 Å². The summed E-state index contributed by atoms with van der Waals surface area (Å²) in [5, 5.41) is 13.1. The van der Waals surface area contributed by atoms with Crippen molar-refractivity contribution in [1.29, 1.82) is 0 Å². The minimum Gasteiger partial charge on any atom is -0.366 e. The van der Waals surface area contributed by atoms with Crippen LogP contribution in [0.15, 0.2) is 53.1 Å². The normalized spacial score (nSPS) is 10.9. The molecule has 0 atom stereocenters. The van der Waals surface area contributed by atoms with Crippen molar-refractivity contribution >= 4 is 22.6 Å². The van der Waals surface area contributed by atoms with Gasteiger partial charge < -0.3 is 4.52 Å². The molecule has 84 valence electrons. The summed E-state index contributed by atoms with van der Waals surface area (Å²) in [4.78, 5) is 0.524. The Labute approximate surface area is 102 Å². The molecule has 0 aliphatic carbocycles. The number of nitrogens with zero attached hydrogens (tertiary/aromatic N) is 1. The van der Waals surface area contributed by atoms with E-state index in [4.69, 9.17) is 16.1 Å². The molecule has 2 aromatic carbocycles. The number of fused-ring (bicyclic) bond motifs is 1. The fourth-order valence-electron chi connectivity index (χ4n) is 1.86. The molecule has 0 saturated carbocycles. The maximum atomic E-state index is 11.8. The van der Waals surface area contributed by atoms with Crippen LogP contribution in [0.2, 0.25) is 5.02 Å². The van der Waals surface area contributed by atoms with E-state index in [1.54, 1.807) is 18.2 Å². The summed E-state index contributed by atoms with van der Waals surface area (Å²) < 4.78 is 5.11. The van der Waals surface area contributed by atoms with E-state index in [9.17, 15) is 5.21 Å². The number of rotatable bonds is 1. The smallest absolute Gasteiger partial charge is 0.284 e. The van der Waals surface area contributed by atoms with Gasteiger partial charge in [-0.05, 0) is 30.3 Å². The molecule has 0 bridgehead atoms. The van der Waals surface area contributed by atoms with E-state index in [-0.39, 0.29) is 0 Å². The molecule has 0 amide bonds. The molecule has 3 rings (SSSR count). The molecule has 4 heteroatoms. The van der Waals surface area contributed by atoms with Crippen molar-refractivity contribution in [3.63, 3.8) is 0 Å². The average molecular weight is 246 g/mol. The Bertz CT molecular complexity index is 676. The number of hydrogen-bond acceptors (Lipinski definition) is 2. The van der Waals surface area contributed by atoms with Gasteiger partial charge in [0.05, 0.1) is 21.4 Å². The maximum absolute atomic E-state index is 11.8. The minimum atomic E-state index is 0.489. The number of benzene rings is 2. The minimum absolute atomic E-state index is 0.489. The first-order valence-corrected chi connectivity index (χ1v) is 5.51. The lowest BCUT2D eigenvalue weighted by Crippen LogP contribution is -2.24. The lowest BCUT2D eigenvalue weighted by Gasteiger charge is -1.94. The van der Waals surface area contributed by atoms with Gasteiger partial charge in [0.1, 0.15) is 0 Å². The van der Waals surface area contributed by atoms with Gasteiger partial charge in [-0.2, -0.15) is 0 Å². The van der Waals surface area contributed by atoms with Crippen LogP contribution < -0.4 is 4.90 Å². The highest BCUT2D eigenvalue weighted by molar-refractivity contribution is 6.31. The lowest BCUT2D eigenvalue weighted by atomic mass is 10.1. The zero-order chi connectivity index (χ0) is 11.8. The van der Waals surface area contributed by atoms with E-state index >= 15 is 0 Å². The van der Waals surface area contributed by atoms with Gasteiger partial charge in [0, 0.05) is 5.02 Å². The highest BCUT2D eigenvalue weighted by Crippen LogP contribution is 2.28. The van der Waals surface area contributed by atoms with Crippen LogP contribution in [-0.4, -0.2) is 0 Å². The fourth-order valence-corrected chi connectivity index (χ4v) is 2.03. The van der Waals surface area contributed by atoms with Gasteiger partial charge in [0.25, 0.3) is 5.69 Å². The van der Waals surface area contributed by atoms with Gasteiger partial charge in [-0.3, -0.25) is 5.21 Å². The summed E-state index contributed by atoms with van der Waals surface area (Å²) in [6, 6.07) is 14.5. The Balaban J connectivity index is 2.35. The van der Waals surface area contributed by atoms with E-state index in [1.807, 2.05) is 30.3 Å². The molecule has 3 aromatic rings. The molecule has 0 saturated heterocycles. The molecule has 1 aromatic heterocycles. The van der Waals surface area contributed by atoms with E-state index in [2.05, 4.69) is 0 Å². The SMILES string of the molecule is [O-][n+]1oc2ccc(Cl)cc2c1-c1ccccc1. The molecule has 0 unspecified atom stereocenters. The van der Waals surface area contributed by atoms with Crippen LogP contribution in [0.3, 0.4) is 0 Å². The second-order valence-electron chi connectivity index (χ2n) is 3.70. The Hall–Kier alpha value is -2.00. The zero-order valence-corrected chi connectivity index (χ0v) is 9.52. The van der Waals surface area contributed by atoms with Crippen molar-refractivity contribution < 1.29 is 9.43 Å². The highest BCUT2D eigenvalue weighted by atomic mass is 35.5. The second kappa shape index (κ2) is 3.79. The van der Waals surface area contributed by atoms with Crippen LogP contribution in [0, 0.1) is 5.21 Å². The highest BCUT2D eigenvalue weighted by Gasteiger charge is 2.18. The van der Waals surface area contributed by atoms with Crippen LogP contribution in [0.4, 0.5) is 0 Å². The standard InChI is InChI=1S/C13H8ClNO2/c14-10-6-7-12-11(8-10)13(15(16)17-12)9-4-2-1-3-5-9/h1-8H. The third kappa shape index (κ3) is 1.65. The van der Waals surface area contributed by atoms with Crippen LogP contribution in [-0.2, 0) is 0 Å². The predicted molar refractivity (Wildman–Crippen MR) is 65.6 cm³/mol. The molecule has 0 aliphatic heterocycles. The molecular weight excluding hydrogens is 238 g/mol. The summed E-state index contributed by atoms with van der Waals surface area (Å²) >= 11 is 5.93. The van der Waals surface area contributed by atoms with Gasteiger partial charge in [-0.25, -0.2) is 0 Å². The molecule has 3 nitrogen and oxygen atoms in total. The second-order valence-corrected chi connectivity index (χ2v) is 4.14. The van der Waals surface area contributed by atoms with Crippen LogP contribution in [0.5, 0.6) is 0 Å². The molecule has 1 heterocycles. The molecular formula is C13H8ClNO2. The maximum Gasteiger partial charge on any atom is 0.284 e. The zero-order valence-electron chi connectivity index (χ0n) is 8.76. The average Bonchev–Trinajstić information content (AvgIpc) is 2.65. The molecule has 0 fully saturated rings. The monoisotopic (exact) mass is 245 g/mol. The third-order valence-corrected chi connectivity index (χ3v) is 2.84. The quantitative estimate of drug-likeness (QED) is 0.617. The molecule has 0 aliphatic rings. The van der Waals surface area contributed by atoms with Crippen LogP contribution in [0.25, 0.3) is 22.2 Å². The first kappa shape index (κ1) is 10.2. The van der Waals surface area contributed by atoms with Crippen molar-refractivity contribution in [2.75, 3.05) is 0 Å². The van der Waals surface area contributed by atoms with Gasteiger partial charge in [0.15, 0.2) is 0 Å². The van der Waals surface area contributed by atoms with Gasteiger partial charge in [-0.15, -0.1) is 0 Å². The van der Waals surface area contributed by atoms with Gasteiger partial charge >= 0.3 is 0 Å². The Morgan fingerprint density at radius 2 is 1.82 bits per heavy atom. The van der Waals surface area contributed by atoms with Gasteiger partial charge in [0.2, 0.25) is 0 Å². The fraction of sp³-hybridized carbons (Fsp3) is 0. The van der Waals surface area contributed by atoms with Crippen molar-refractivity contribution in [3.8, 4) is 11.3 Å². The van der Waals surface area contributed by atoms with Crippen molar-refractivity contribution in [3.05, 3.63) is 58.8 Å². The van der Waals surface area contributed by atoms with E-state index in [0.29, 0.717) is 21.2 Å². The summed E-state index contributed by atoms with van der Waals surface area (Å²) in [6.45, 7) is 0. The largest absolute Gasteiger partial charge is 0.366 e. The van der Waals surface area contributed by atoms with E-state index in [0.717, 1.165) is 10.9 Å². The number of halogens is 1. The first-order chi connectivity index (χ1) is 8.25. The number of aromatic nitrogens is 1. The Morgan fingerprint density at radius 3 is 2.59 bits per heavy atom. The predicted octanol–water partition coefficient (Wildman–Crippen LogP) is 3.39. The van der Waals surface area contributed by atoms with Gasteiger partial charge in [-0.1, -0.05) is 29.8 Å². The topological polar surface area (TPSA) is 40.1 Å². The number of hydrogen-bond donors (Lipinski definition) is 0. The Kier molecular flexibility index (Phi) is 2.27. The summed E-state index contributed by atoms with van der Waals surface area (Å²) in [6.07, 6.45) is 0. The summed E-state index contributed by atoms with van der Waals surface area (Å²) in [5.74, 6) is 0. The Morgan fingerprint density at radius 1 is 1.06 bits per heavy atom. The van der Waals surface area contributed by atoms with Crippen molar-refractivity contribution in [1.82, 2.24) is 0 Å². The van der Waals surface area contributed by atoms with Crippen molar-refractivity contribution in [2.45, 2.75) is 0 Å². The molecule has 0 spiro atoms. The molecule has 0 radical (unpaired) electrons. The van der Waals surface area contributed by atoms with Crippen molar-refractivity contribution in [2.24, 2.45) is 0 Å². The van der Waals surface area contributed by atoms with Crippen LogP contribution >= 0.6 is 11.6 Å². The first-order valence-electron chi connectivity index (χ1n) is 5.13. The lowest BCUT2D eigenvalue weighted by molar-refractivity contribution is -0.779. The summed E-state index contributed by atoms with van der Waals surface area (Å²) in [7, 11) is 0. The van der Waals surface area contributed by atoms with E-state index in [1.165, 1.54) is 0 Å². The summed E-state index contributed by atoms with van der Waals surface area (Å²) in [5.41, 5.74) is 1.83. The third-order valence-electron chi connectivity index (χ3n) is 2.61. The van der Waals surface area contributed by atoms with E-state index < -0.39 is 0 Å². The molecule has 17 heavy (non-hydrogen) atoms.